The normalized spacial score (nSPS) is 13.7. The van der Waals surface area contributed by atoms with Crippen LogP contribution in [0.2, 0.25) is 5.02 Å². The number of halogens is 1. The summed E-state index contributed by atoms with van der Waals surface area (Å²) in [6.07, 6.45) is 2.35. The summed E-state index contributed by atoms with van der Waals surface area (Å²) in [5.74, 6) is 0.160. The van der Waals surface area contributed by atoms with Crippen LogP contribution in [0.5, 0.6) is 0 Å². The molecule has 2 aromatic rings. The van der Waals surface area contributed by atoms with Gasteiger partial charge in [-0.05, 0) is 48.2 Å². The van der Waals surface area contributed by atoms with Crippen LogP contribution in [0.3, 0.4) is 0 Å². The lowest BCUT2D eigenvalue weighted by Crippen LogP contribution is -2.38. The van der Waals surface area contributed by atoms with Crippen molar-refractivity contribution < 1.29 is 4.79 Å². The van der Waals surface area contributed by atoms with Crippen LogP contribution in [0.4, 0.5) is 5.69 Å². The largest absolute Gasteiger partial charge is 0.378 e. The molecule has 1 saturated carbocycles. The molecule has 0 atom stereocenters. The van der Waals surface area contributed by atoms with Crippen LogP contribution in [0.25, 0.3) is 0 Å². The molecule has 0 aliphatic heterocycles. The third-order valence-electron chi connectivity index (χ3n) is 5.00. The highest BCUT2D eigenvalue weighted by atomic mass is 35.5. The Bertz CT molecular complexity index is 754. The van der Waals surface area contributed by atoms with Crippen molar-refractivity contribution in [1.82, 2.24) is 9.80 Å². The van der Waals surface area contributed by atoms with Gasteiger partial charge in [0, 0.05) is 51.0 Å². The monoisotopic (exact) mass is 385 g/mol. The molecule has 0 spiro atoms. The molecule has 0 unspecified atom stereocenters. The number of amides is 1. The standard InChI is InChI=1S/C22H28ClN3O/c1-24(2)20-10-6-17(7-11-20)14-25(3)22(27)16-26(21-12-13-21)15-18-4-8-19(23)9-5-18/h4-11,21H,12-16H2,1-3H3. The predicted molar refractivity (Wildman–Crippen MR) is 112 cm³/mol. The molecule has 2 aromatic carbocycles. The second-order valence-electron chi connectivity index (χ2n) is 7.57. The number of nitrogens with zero attached hydrogens (tertiary/aromatic N) is 3. The highest BCUT2D eigenvalue weighted by Crippen LogP contribution is 2.28. The van der Waals surface area contributed by atoms with Crippen molar-refractivity contribution >= 4 is 23.2 Å². The molecule has 4 nitrogen and oxygen atoms in total. The number of rotatable bonds is 8. The van der Waals surface area contributed by atoms with Gasteiger partial charge in [0.05, 0.1) is 6.54 Å². The van der Waals surface area contributed by atoms with Crippen molar-refractivity contribution in [3.8, 4) is 0 Å². The minimum absolute atomic E-state index is 0.160. The molecule has 27 heavy (non-hydrogen) atoms. The Hall–Kier alpha value is -2.04. The first-order chi connectivity index (χ1) is 12.9. The van der Waals surface area contributed by atoms with Crippen LogP contribution in [0.1, 0.15) is 24.0 Å². The Morgan fingerprint density at radius 1 is 0.926 bits per heavy atom. The maximum atomic E-state index is 12.8. The van der Waals surface area contributed by atoms with E-state index in [-0.39, 0.29) is 5.91 Å². The van der Waals surface area contributed by atoms with Gasteiger partial charge in [-0.1, -0.05) is 35.9 Å². The van der Waals surface area contributed by atoms with Gasteiger partial charge in [0.15, 0.2) is 0 Å². The van der Waals surface area contributed by atoms with Crippen LogP contribution >= 0.6 is 11.6 Å². The summed E-state index contributed by atoms with van der Waals surface area (Å²) < 4.78 is 0. The molecule has 0 heterocycles. The molecule has 0 N–H and O–H groups in total. The van der Waals surface area contributed by atoms with E-state index in [9.17, 15) is 4.79 Å². The summed E-state index contributed by atoms with van der Waals surface area (Å²) in [5.41, 5.74) is 3.50. The molecule has 0 bridgehead atoms. The van der Waals surface area contributed by atoms with E-state index in [1.165, 1.54) is 18.4 Å². The van der Waals surface area contributed by atoms with E-state index in [0.717, 1.165) is 22.8 Å². The van der Waals surface area contributed by atoms with Gasteiger partial charge in [-0.25, -0.2) is 0 Å². The smallest absolute Gasteiger partial charge is 0.236 e. The topological polar surface area (TPSA) is 26.8 Å². The van der Waals surface area contributed by atoms with Gasteiger partial charge >= 0.3 is 0 Å². The Balaban J connectivity index is 1.57. The Morgan fingerprint density at radius 3 is 2.04 bits per heavy atom. The van der Waals surface area contributed by atoms with Gasteiger partial charge in [-0.3, -0.25) is 9.69 Å². The van der Waals surface area contributed by atoms with Gasteiger partial charge in [0.1, 0.15) is 0 Å². The van der Waals surface area contributed by atoms with Crippen molar-refractivity contribution in [2.24, 2.45) is 0 Å². The lowest BCUT2D eigenvalue weighted by atomic mass is 10.2. The molecular weight excluding hydrogens is 358 g/mol. The lowest BCUT2D eigenvalue weighted by Gasteiger charge is -2.25. The van der Waals surface area contributed by atoms with Crippen LogP contribution in [-0.4, -0.2) is 49.4 Å². The SMILES string of the molecule is CN(Cc1ccc(N(C)C)cc1)C(=O)CN(Cc1ccc(Cl)cc1)C1CC1. The first-order valence-electron chi connectivity index (χ1n) is 9.41. The third-order valence-corrected chi connectivity index (χ3v) is 5.25. The average Bonchev–Trinajstić information content (AvgIpc) is 3.48. The maximum Gasteiger partial charge on any atom is 0.236 e. The van der Waals surface area contributed by atoms with E-state index < -0.39 is 0 Å². The second-order valence-corrected chi connectivity index (χ2v) is 8.01. The van der Waals surface area contributed by atoms with Crippen molar-refractivity contribution in [1.29, 1.82) is 0 Å². The second kappa shape index (κ2) is 8.77. The molecular formula is C22H28ClN3O. The van der Waals surface area contributed by atoms with Crippen LogP contribution in [0, 0.1) is 0 Å². The summed E-state index contributed by atoms with van der Waals surface area (Å²) >= 11 is 5.98. The van der Waals surface area contributed by atoms with E-state index >= 15 is 0 Å². The first kappa shape index (κ1) is 19.7. The fourth-order valence-corrected chi connectivity index (χ4v) is 3.26. The minimum Gasteiger partial charge on any atom is -0.378 e. The number of hydrogen-bond acceptors (Lipinski definition) is 3. The van der Waals surface area contributed by atoms with Crippen LogP contribution < -0.4 is 4.90 Å². The fourth-order valence-electron chi connectivity index (χ4n) is 3.13. The molecule has 1 fully saturated rings. The highest BCUT2D eigenvalue weighted by Gasteiger charge is 2.30. The summed E-state index contributed by atoms with van der Waals surface area (Å²) in [5, 5.41) is 0.743. The van der Waals surface area contributed by atoms with Gasteiger partial charge in [-0.15, -0.1) is 0 Å². The van der Waals surface area contributed by atoms with E-state index in [1.54, 1.807) is 0 Å². The van der Waals surface area contributed by atoms with Gasteiger partial charge < -0.3 is 9.80 Å². The number of anilines is 1. The van der Waals surface area contributed by atoms with E-state index in [2.05, 4.69) is 34.1 Å². The van der Waals surface area contributed by atoms with Crippen LogP contribution in [0.15, 0.2) is 48.5 Å². The average molecular weight is 386 g/mol. The van der Waals surface area contributed by atoms with Crippen molar-refractivity contribution in [3.63, 3.8) is 0 Å². The van der Waals surface area contributed by atoms with Crippen molar-refractivity contribution in [3.05, 3.63) is 64.7 Å². The fraction of sp³-hybridized carbons (Fsp3) is 0.409. The minimum atomic E-state index is 0.160. The summed E-state index contributed by atoms with van der Waals surface area (Å²) in [6.45, 7) is 1.88. The van der Waals surface area contributed by atoms with Crippen molar-refractivity contribution in [2.45, 2.75) is 32.0 Å². The zero-order valence-electron chi connectivity index (χ0n) is 16.4. The third kappa shape index (κ3) is 5.72. The molecule has 5 heteroatoms. The number of likely N-dealkylation sites (N-methyl/N-ethyl adjacent to an activating group) is 1. The summed E-state index contributed by atoms with van der Waals surface area (Å²) in [4.78, 5) is 18.9. The van der Waals surface area contributed by atoms with Crippen LogP contribution in [-0.2, 0) is 17.9 Å². The molecule has 0 saturated heterocycles. The number of hydrogen-bond donors (Lipinski definition) is 0. The summed E-state index contributed by atoms with van der Waals surface area (Å²) in [7, 11) is 5.94. The van der Waals surface area contributed by atoms with E-state index in [0.29, 0.717) is 19.1 Å². The zero-order valence-corrected chi connectivity index (χ0v) is 17.1. The van der Waals surface area contributed by atoms with Gasteiger partial charge in [-0.2, -0.15) is 0 Å². The quantitative estimate of drug-likeness (QED) is 0.686. The number of benzene rings is 2. The molecule has 1 amide bonds. The Labute approximate surface area is 167 Å². The molecule has 0 aromatic heterocycles. The van der Waals surface area contributed by atoms with Gasteiger partial charge in [0.25, 0.3) is 0 Å². The molecule has 1 aliphatic carbocycles. The zero-order chi connectivity index (χ0) is 19.4. The highest BCUT2D eigenvalue weighted by molar-refractivity contribution is 6.30. The maximum absolute atomic E-state index is 12.8. The first-order valence-corrected chi connectivity index (χ1v) is 9.79. The number of carbonyl (C=O) groups excluding carboxylic acids is 1. The van der Waals surface area contributed by atoms with E-state index in [4.69, 9.17) is 11.6 Å². The van der Waals surface area contributed by atoms with Crippen molar-refractivity contribution in [2.75, 3.05) is 32.6 Å². The predicted octanol–water partition coefficient (Wildman–Crippen LogP) is 4.03. The summed E-state index contributed by atoms with van der Waals surface area (Å²) in [6, 6.07) is 16.8. The Morgan fingerprint density at radius 2 is 1.48 bits per heavy atom. The Kier molecular flexibility index (Phi) is 6.40. The van der Waals surface area contributed by atoms with Gasteiger partial charge in [0.2, 0.25) is 5.91 Å². The van der Waals surface area contributed by atoms with E-state index in [1.807, 2.05) is 50.3 Å². The molecule has 3 rings (SSSR count). The molecule has 144 valence electrons. The molecule has 1 aliphatic rings. The number of carbonyl (C=O) groups is 1. The lowest BCUT2D eigenvalue weighted by molar-refractivity contribution is -0.132. The molecule has 0 radical (unpaired) electrons.